The molecule has 6 fully saturated rings. The Bertz CT molecular complexity index is 1730. The molecule has 16 nitrogen and oxygen atoms in total. The van der Waals surface area contributed by atoms with E-state index in [2.05, 4.69) is 27.7 Å². The molecule has 16 heteroatoms. The Hall–Kier alpha value is -2.54. The van der Waals surface area contributed by atoms with E-state index in [0.717, 1.165) is 37.7 Å². The van der Waals surface area contributed by atoms with Gasteiger partial charge in [-0.25, -0.2) is 9.59 Å². The SMILES string of the molecule is CC1(C)[C@@H](O[C@H]2O[C@H](C(=O)O)[C@@H](O)[C@H](O)[C@H]2O[C@@H]2O[C@H](C(=O)O)[C@H](O)[C@H](O)[C@H]2O)CC[C@]2(C)[C@H]3C(=O)C=C4[C@@H]5C[C@@](C)(C(=O)O)CC[C@]5(C)CC[C@@]4(C)[C@]3(C)CC[C@@H]12. The molecule has 58 heavy (non-hydrogen) atoms. The van der Waals surface area contributed by atoms with Gasteiger partial charge in [-0.15, -0.1) is 0 Å². The number of carboxylic acid groups (broad SMARTS) is 3. The summed E-state index contributed by atoms with van der Waals surface area (Å²) < 4.78 is 23.4. The van der Waals surface area contributed by atoms with Gasteiger partial charge in [0.25, 0.3) is 0 Å². The predicted octanol–water partition coefficient (Wildman–Crippen LogP) is 2.25. The van der Waals surface area contributed by atoms with E-state index in [0.29, 0.717) is 25.7 Å². The number of hydrogen-bond donors (Lipinski definition) is 8. The van der Waals surface area contributed by atoms with Crippen molar-refractivity contribution in [3.8, 4) is 0 Å². The van der Waals surface area contributed by atoms with E-state index in [1.807, 2.05) is 26.8 Å². The number of carbonyl (C=O) groups excluding carboxylic acids is 1. The minimum atomic E-state index is -2.05. The smallest absolute Gasteiger partial charge is 0.335 e. The molecule has 7 rings (SSSR count). The molecule has 2 heterocycles. The lowest BCUT2D eigenvalue weighted by atomic mass is 9.33. The highest BCUT2D eigenvalue weighted by molar-refractivity contribution is 5.95. The van der Waals surface area contributed by atoms with Crippen LogP contribution in [0.4, 0.5) is 0 Å². The quantitative estimate of drug-likeness (QED) is 0.171. The van der Waals surface area contributed by atoms with Crippen LogP contribution in [0.1, 0.15) is 106 Å². The number of ether oxygens (including phenoxy) is 4. The van der Waals surface area contributed by atoms with Crippen LogP contribution < -0.4 is 0 Å². The summed E-state index contributed by atoms with van der Waals surface area (Å²) in [5.41, 5.74) is -1.81. The molecule has 0 spiro atoms. The van der Waals surface area contributed by atoms with Gasteiger partial charge in [0.2, 0.25) is 0 Å². The summed E-state index contributed by atoms with van der Waals surface area (Å²) in [6.45, 7) is 14.8. The van der Waals surface area contributed by atoms with Crippen molar-refractivity contribution in [3.05, 3.63) is 11.6 Å². The molecule has 5 aliphatic carbocycles. The first-order chi connectivity index (χ1) is 26.8. The first-order valence-corrected chi connectivity index (χ1v) is 20.7. The third-order valence-electron chi connectivity index (χ3n) is 17.2. The number of carboxylic acids is 3. The molecule has 0 unspecified atom stereocenters. The van der Waals surface area contributed by atoms with Gasteiger partial charge in [-0.1, -0.05) is 47.1 Å². The van der Waals surface area contributed by atoms with Crippen LogP contribution in [0.15, 0.2) is 11.6 Å². The highest BCUT2D eigenvalue weighted by Gasteiger charge is 2.71. The molecule has 0 radical (unpaired) electrons. The summed E-state index contributed by atoms with van der Waals surface area (Å²) in [5, 5.41) is 83.0. The van der Waals surface area contributed by atoms with Crippen molar-refractivity contribution >= 4 is 23.7 Å². The first kappa shape index (κ1) is 43.5. The molecule has 326 valence electrons. The third-order valence-corrected chi connectivity index (χ3v) is 17.2. The maximum atomic E-state index is 14.8. The van der Waals surface area contributed by atoms with E-state index < -0.39 is 107 Å². The van der Waals surface area contributed by atoms with Crippen molar-refractivity contribution < 1.29 is 79.0 Å². The second kappa shape index (κ2) is 14.3. The van der Waals surface area contributed by atoms with Crippen LogP contribution in [0.2, 0.25) is 0 Å². The lowest BCUT2D eigenvalue weighted by molar-refractivity contribution is -0.371. The van der Waals surface area contributed by atoms with Crippen molar-refractivity contribution in [2.24, 2.45) is 50.2 Å². The lowest BCUT2D eigenvalue weighted by Gasteiger charge is -2.70. The van der Waals surface area contributed by atoms with E-state index in [-0.39, 0.29) is 34.4 Å². The molecule has 0 bridgehead atoms. The third kappa shape index (κ3) is 6.25. The Balaban J connectivity index is 1.17. The van der Waals surface area contributed by atoms with Crippen molar-refractivity contribution in [1.29, 1.82) is 0 Å². The summed E-state index contributed by atoms with van der Waals surface area (Å²) in [5.74, 6) is -4.47. The van der Waals surface area contributed by atoms with Crippen LogP contribution in [-0.4, -0.2) is 132 Å². The molecule has 8 N–H and O–H groups in total. The number of aliphatic hydroxyl groups is 5. The van der Waals surface area contributed by atoms with Gasteiger partial charge in [0.1, 0.15) is 36.6 Å². The van der Waals surface area contributed by atoms with E-state index in [1.54, 1.807) is 0 Å². The van der Waals surface area contributed by atoms with Gasteiger partial charge in [0, 0.05) is 5.92 Å². The van der Waals surface area contributed by atoms with Crippen molar-refractivity contribution in [2.75, 3.05) is 0 Å². The molecule has 0 aromatic carbocycles. The minimum Gasteiger partial charge on any atom is -0.481 e. The Kier molecular flexibility index (Phi) is 10.7. The van der Waals surface area contributed by atoms with Crippen LogP contribution in [0.3, 0.4) is 0 Å². The molecule has 0 amide bonds. The molecule has 19 atom stereocenters. The number of allylic oxidation sites excluding steroid dienone is 2. The Labute approximate surface area is 337 Å². The van der Waals surface area contributed by atoms with Crippen LogP contribution in [0.5, 0.6) is 0 Å². The van der Waals surface area contributed by atoms with E-state index in [4.69, 9.17) is 18.9 Å². The zero-order valence-electron chi connectivity index (χ0n) is 34.4. The maximum Gasteiger partial charge on any atom is 0.335 e. The van der Waals surface area contributed by atoms with Gasteiger partial charge in [-0.3, -0.25) is 9.59 Å². The lowest BCUT2D eigenvalue weighted by Crippen LogP contribution is -2.68. The van der Waals surface area contributed by atoms with E-state index in [9.17, 15) is 60.0 Å². The molecule has 2 saturated heterocycles. The highest BCUT2D eigenvalue weighted by atomic mass is 16.8. The maximum absolute atomic E-state index is 14.8. The average Bonchev–Trinajstić information content (AvgIpc) is 3.13. The van der Waals surface area contributed by atoms with E-state index in [1.165, 1.54) is 0 Å². The summed E-state index contributed by atoms with van der Waals surface area (Å²) in [4.78, 5) is 51.3. The minimum absolute atomic E-state index is 0.0217. The second-order valence-corrected chi connectivity index (χ2v) is 20.6. The fourth-order valence-electron chi connectivity index (χ4n) is 13.4. The molecule has 0 aromatic heterocycles. The number of ketones is 1. The number of rotatable bonds is 7. The van der Waals surface area contributed by atoms with Gasteiger partial charge < -0.3 is 59.8 Å². The van der Waals surface area contributed by atoms with Crippen LogP contribution in [-0.2, 0) is 38.1 Å². The van der Waals surface area contributed by atoms with Crippen LogP contribution >= 0.6 is 0 Å². The molecule has 2 aliphatic heterocycles. The fourth-order valence-corrected chi connectivity index (χ4v) is 13.4. The van der Waals surface area contributed by atoms with E-state index >= 15 is 0 Å². The van der Waals surface area contributed by atoms with Gasteiger partial charge in [0.15, 0.2) is 30.6 Å². The average molecular weight is 823 g/mol. The highest BCUT2D eigenvalue weighted by Crippen LogP contribution is 2.75. The molecular formula is C42H62O16. The zero-order valence-corrected chi connectivity index (χ0v) is 34.4. The summed E-state index contributed by atoms with van der Waals surface area (Å²) in [7, 11) is 0. The second-order valence-electron chi connectivity index (χ2n) is 20.6. The Morgan fingerprint density at radius 2 is 1.28 bits per heavy atom. The Morgan fingerprint density at radius 1 is 0.690 bits per heavy atom. The molecule has 0 aromatic rings. The summed E-state index contributed by atoms with van der Waals surface area (Å²) >= 11 is 0. The number of hydrogen-bond acceptors (Lipinski definition) is 13. The number of carbonyl (C=O) groups is 4. The van der Waals surface area contributed by atoms with Crippen molar-refractivity contribution in [2.45, 2.75) is 174 Å². The molecule has 4 saturated carbocycles. The normalized spacial score (nSPS) is 52.6. The van der Waals surface area contributed by atoms with Crippen LogP contribution in [0.25, 0.3) is 0 Å². The predicted molar refractivity (Wildman–Crippen MR) is 199 cm³/mol. The van der Waals surface area contributed by atoms with Gasteiger partial charge in [0.05, 0.1) is 11.5 Å². The summed E-state index contributed by atoms with van der Waals surface area (Å²) in [6, 6.07) is 0. The van der Waals surface area contributed by atoms with Crippen molar-refractivity contribution in [1.82, 2.24) is 0 Å². The largest absolute Gasteiger partial charge is 0.481 e. The van der Waals surface area contributed by atoms with Gasteiger partial charge in [-0.05, 0) is 110 Å². The standard InChI is InChI=1S/C42H62O16/c1-37(2)21-8-11-42(7)31(20(43)16-18-19-17-39(4,36(53)54)13-12-38(19,3)14-15-41(18,42)6)40(21,5)10-9-22(37)55-35-30(26(47)25(46)29(57-35)33(51)52)58-34-27(48)23(44)24(45)28(56-34)32(49)50/h16,19,21-31,34-35,44-48H,8-15,17H2,1-7H3,(H,49,50)(H,51,52)(H,53,54)/t19-,21-,22-,23-,24+,25-,26-,27+,28-,29-,30+,31+,34-,35-,38+,39-,40-,41+,42+/m0/s1. The summed E-state index contributed by atoms with van der Waals surface area (Å²) in [6.07, 6.45) is -12.2. The van der Waals surface area contributed by atoms with Crippen molar-refractivity contribution in [3.63, 3.8) is 0 Å². The number of fused-ring (bicyclic) bond motifs is 7. The van der Waals surface area contributed by atoms with Gasteiger partial charge >= 0.3 is 17.9 Å². The molecule has 7 aliphatic rings. The first-order valence-electron chi connectivity index (χ1n) is 20.7. The monoisotopic (exact) mass is 822 g/mol. The topological polar surface area (TPSA) is 267 Å². The zero-order chi connectivity index (χ0) is 42.9. The number of aliphatic hydroxyl groups excluding tert-OH is 5. The molecular weight excluding hydrogens is 760 g/mol. The fraction of sp³-hybridized carbons (Fsp3) is 0.857. The Morgan fingerprint density at radius 3 is 1.88 bits per heavy atom. The number of aliphatic carboxylic acids is 3. The van der Waals surface area contributed by atoms with Crippen LogP contribution in [0, 0.1) is 50.2 Å². The van der Waals surface area contributed by atoms with Gasteiger partial charge in [-0.2, -0.15) is 0 Å².